The van der Waals surface area contributed by atoms with Gasteiger partial charge in [-0.2, -0.15) is 5.01 Å². The second-order valence-corrected chi connectivity index (χ2v) is 13.1. The molecule has 2 heterocycles. The zero-order valence-corrected chi connectivity index (χ0v) is 26.8. The summed E-state index contributed by atoms with van der Waals surface area (Å²) in [5.74, 6) is -3.95. The molecule has 3 aromatic rings. The van der Waals surface area contributed by atoms with Gasteiger partial charge in [-0.1, -0.05) is 72.7 Å². The van der Waals surface area contributed by atoms with E-state index >= 15 is 4.79 Å². The van der Waals surface area contributed by atoms with Gasteiger partial charge in [0.25, 0.3) is 11.8 Å². The topological polar surface area (TPSA) is 116 Å². The van der Waals surface area contributed by atoms with Crippen LogP contribution in [0.25, 0.3) is 0 Å². The summed E-state index contributed by atoms with van der Waals surface area (Å²) in [5.41, 5.74) is 5.64. The van der Waals surface area contributed by atoms with Gasteiger partial charge in [-0.15, -0.1) is 0 Å². The van der Waals surface area contributed by atoms with E-state index in [1.165, 1.54) is 4.90 Å². The number of aromatic hydroxyl groups is 1. The number of hydrazine groups is 1. The first-order chi connectivity index (χ1) is 22.7. The molecule has 3 aromatic carbocycles. The van der Waals surface area contributed by atoms with Gasteiger partial charge in [-0.3, -0.25) is 29.5 Å². The maximum atomic E-state index is 15.2. The molecular weight excluding hydrogens is 594 g/mol. The molecule has 0 aromatic heterocycles. The lowest BCUT2D eigenvalue weighted by Crippen LogP contribution is -2.53. The first-order valence-corrected chi connectivity index (χ1v) is 16.5. The number of carbonyl (C=O) groups excluding carboxylic acids is 4. The number of phenolic OH excluding ortho intramolecular Hbond substituents is 1. The van der Waals surface area contributed by atoms with Crippen LogP contribution in [0.1, 0.15) is 55.7 Å². The fourth-order valence-electron chi connectivity index (χ4n) is 8.61. The number of benzene rings is 3. The van der Waals surface area contributed by atoms with Crippen LogP contribution in [0.2, 0.25) is 0 Å². The molecule has 242 valence electrons. The van der Waals surface area contributed by atoms with Crippen LogP contribution in [0.15, 0.2) is 84.4 Å². The number of nitrogens with one attached hydrogen (secondary N) is 1. The fourth-order valence-corrected chi connectivity index (χ4v) is 8.61. The molecule has 2 saturated heterocycles. The SMILES string of the molecule is CCCN1C(=O)C2CC=C3C(CC4C(=O)N(Nc5ccc(C)cc5)C(=O)C4(c4ccccc4)C3c3ccc(O)c(OCC)c3)C2C1=O. The summed E-state index contributed by atoms with van der Waals surface area (Å²) in [6, 6.07) is 22.0. The van der Waals surface area contributed by atoms with Crippen LogP contribution in [0.5, 0.6) is 11.5 Å². The smallest absolute Gasteiger partial charge is 0.260 e. The molecule has 0 bridgehead atoms. The lowest BCUT2D eigenvalue weighted by Gasteiger charge is -2.50. The van der Waals surface area contributed by atoms with Crippen molar-refractivity contribution in [3.8, 4) is 11.5 Å². The molecule has 2 aliphatic carbocycles. The van der Waals surface area contributed by atoms with E-state index in [1.807, 2.05) is 81.4 Å². The molecule has 1 saturated carbocycles. The number of nitrogens with zero attached hydrogens (tertiary/aromatic N) is 2. The summed E-state index contributed by atoms with van der Waals surface area (Å²) < 4.78 is 5.80. The monoisotopic (exact) mass is 633 g/mol. The molecule has 0 radical (unpaired) electrons. The predicted octanol–water partition coefficient (Wildman–Crippen LogP) is 5.49. The van der Waals surface area contributed by atoms with Crippen molar-refractivity contribution in [3.63, 3.8) is 0 Å². The highest BCUT2D eigenvalue weighted by molar-refractivity contribution is 6.13. The van der Waals surface area contributed by atoms with Crippen LogP contribution in [0, 0.1) is 30.6 Å². The minimum Gasteiger partial charge on any atom is -0.504 e. The fraction of sp³-hybridized carbons (Fsp3) is 0.368. The lowest BCUT2D eigenvalue weighted by atomic mass is 9.49. The number of carbonyl (C=O) groups is 4. The van der Waals surface area contributed by atoms with E-state index in [-0.39, 0.29) is 35.6 Å². The Labute approximate surface area is 274 Å². The van der Waals surface area contributed by atoms with Gasteiger partial charge in [0.05, 0.1) is 35.5 Å². The van der Waals surface area contributed by atoms with Crippen molar-refractivity contribution in [2.45, 2.75) is 51.4 Å². The van der Waals surface area contributed by atoms with Gasteiger partial charge in [0.2, 0.25) is 11.8 Å². The van der Waals surface area contributed by atoms with Crippen molar-refractivity contribution in [1.29, 1.82) is 0 Å². The van der Waals surface area contributed by atoms with Crippen molar-refractivity contribution in [1.82, 2.24) is 9.91 Å². The minimum absolute atomic E-state index is 0.0331. The summed E-state index contributed by atoms with van der Waals surface area (Å²) in [6.45, 7) is 6.41. The number of fused-ring (bicyclic) bond motifs is 4. The molecular formula is C38H39N3O6. The lowest BCUT2D eigenvalue weighted by molar-refractivity contribution is -0.141. The van der Waals surface area contributed by atoms with Gasteiger partial charge in [0.1, 0.15) is 0 Å². The highest BCUT2D eigenvalue weighted by Gasteiger charge is 2.70. The number of hydrogen-bond donors (Lipinski definition) is 2. The normalized spacial score (nSPS) is 28.1. The molecule has 4 amide bonds. The van der Waals surface area contributed by atoms with E-state index in [9.17, 15) is 19.5 Å². The number of aryl methyl sites for hydroxylation is 1. The van der Waals surface area contributed by atoms with E-state index in [0.29, 0.717) is 42.8 Å². The molecule has 7 rings (SSSR count). The zero-order chi connectivity index (χ0) is 33.0. The molecule has 2 aliphatic heterocycles. The predicted molar refractivity (Wildman–Crippen MR) is 175 cm³/mol. The second-order valence-electron chi connectivity index (χ2n) is 13.1. The largest absolute Gasteiger partial charge is 0.504 e. The molecule has 47 heavy (non-hydrogen) atoms. The molecule has 6 unspecified atom stereocenters. The maximum absolute atomic E-state index is 15.2. The third kappa shape index (κ3) is 4.58. The number of allylic oxidation sites excluding steroid dienone is 2. The molecule has 4 aliphatic rings. The molecule has 0 spiro atoms. The third-order valence-electron chi connectivity index (χ3n) is 10.5. The Morgan fingerprint density at radius 1 is 0.915 bits per heavy atom. The maximum Gasteiger partial charge on any atom is 0.260 e. The Bertz CT molecular complexity index is 1790. The summed E-state index contributed by atoms with van der Waals surface area (Å²) in [5, 5.41) is 11.8. The van der Waals surface area contributed by atoms with Crippen LogP contribution in [0.3, 0.4) is 0 Å². The Kier molecular flexibility index (Phi) is 7.65. The summed E-state index contributed by atoms with van der Waals surface area (Å²) >= 11 is 0. The average molecular weight is 634 g/mol. The van der Waals surface area contributed by atoms with Crippen LogP contribution in [-0.4, -0.2) is 51.8 Å². The van der Waals surface area contributed by atoms with Crippen molar-refractivity contribution in [2.75, 3.05) is 18.6 Å². The van der Waals surface area contributed by atoms with Crippen LogP contribution >= 0.6 is 0 Å². The number of amides is 4. The molecule has 9 nitrogen and oxygen atoms in total. The van der Waals surface area contributed by atoms with Crippen molar-refractivity contribution < 1.29 is 29.0 Å². The standard InChI is InChI=1S/C38H39N3O6/c1-4-19-40-34(43)27-17-16-26-28(32(27)36(40)45)21-29-35(44)41(39-25-14-11-22(3)12-15-25)37(46)38(29,24-9-7-6-8-10-24)33(26)23-13-18-30(42)31(20-23)47-5-2/h6-16,18,20,27-29,32-33,39,42H,4-5,17,19,21H2,1-3H3. The van der Waals surface area contributed by atoms with Gasteiger partial charge in [0, 0.05) is 12.5 Å². The molecule has 6 atom stereocenters. The minimum atomic E-state index is -1.37. The number of anilines is 1. The summed E-state index contributed by atoms with van der Waals surface area (Å²) in [6.07, 6.45) is 3.31. The van der Waals surface area contributed by atoms with Gasteiger partial charge in [-0.25, -0.2) is 0 Å². The van der Waals surface area contributed by atoms with E-state index in [1.54, 1.807) is 18.2 Å². The number of phenols is 1. The van der Waals surface area contributed by atoms with Crippen molar-refractivity contribution >= 4 is 29.3 Å². The first kappa shape index (κ1) is 30.7. The Morgan fingerprint density at radius 2 is 1.66 bits per heavy atom. The first-order valence-electron chi connectivity index (χ1n) is 16.5. The van der Waals surface area contributed by atoms with Gasteiger partial charge in [-0.05, 0) is 74.4 Å². The van der Waals surface area contributed by atoms with Crippen LogP contribution in [0.4, 0.5) is 5.69 Å². The highest BCUT2D eigenvalue weighted by atomic mass is 16.5. The quantitative estimate of drug-likeness (QED) is 0.249. The van der Waals surface area contributed by atoms with E-state index in [2.05, 4.69) is 5.43 Å². The van der Waals surface area contributed by atoms with Crippen LogP contribution < -0.4 is 10.2 Å². The van der Waals surface area contributed by atoms with Crippen molar-refractivity contribution in [3.05, 3.63) is 101 Å². The average Bonchev–Trinajstić information content (AvgIpc) is 3.44. The third-order valence-corrected chi connectivity index (χ3v) is 10.5. The van der Waals surface area contributed by atoms with Crippen LogP contribution in [-0.2, 0) is 24.6 Å². The summed E-state index contributed by atoms with van der Waals surface area (Å²) in [7, 11) is 0. The molecule has 3 fully saturated rings. The number of likely N-dealkylation sites (tertiary alicyclic amines) is 1. The molecule has 9 heteroatoms. The van der Waals surface area contributed by atoms with E-state index in [0.717, 1.165) is 16.1 Å². The Balaban J connectivity index is 1.45. The highest BCUT2D eigenvalue weighted by Crippen LogP contribution is 2.64. The van der Waals surface area contributed by atoms with E-state index < -0.39 is 40.9 Å². The van der Waals surface area contributed by atoms with E-state index in [4.69, 9.17) is 4.74 Å². The van der Waals surface area contributed by atoms with Gasteiger partial charge < -0.3 is 9.84 Å². The Morgan fingerprint density at radius 3 is 2.36 bits per heavy atom. The molecule has 2 N–H and O–H groups in total. The number of hydrogen-bond acceptors (Lipinski definition) is 7. The summed E-state index contributed by atoms with van der Waals surface area (Å²) in [4.78, 5) is 58.7. The Hall–Kier alpha value is -4.92. The zero-order valence-electron chi connectivity index (χ0n) is 26.8. The van der Waals surface area contributed by atoms with Gasteiger partial charge >= 0.3 is 0 Å². The number of rotatable bonds is 8. The number of ether oxygens (including phenoxy) is 1. The van der Waals surface area contributed by atoms with Gasteiger partial charge in [0.15, 0.2) is 11.5 Å². The van der Waals surface area contributed by atoms with Crippen molar-refractivity contribution in [2.24, 2.45) is 23.7 Å². The number of imide groups is 2. The second kappa shape index (κ2) is 11.7.